The maximum absolute atomic E-state index is 5.66. The lowest BCUT2D eigenvalue weighted by molar-refractivity contribution is 0.250. The van der Waals surface area contributed by atoms with E-state index in [4.69, 9.17) is 5.73 Å². The zero-order valence-corrected chi connectivity index (χ0v) is 13.3. The third kappa shape index (κ3) is 3.67. The molecule has 1 heterocycles. The molecule has 0 aromatic heterocycles. The maximum atomic E-state index is 5.66. The number of rotatable bonds is 4. The van der Waals surface area contributed by atoms with Gasteiger partial charge < -0.3 is 10.6 Å². The van der Waals surface area contributed by atoms with Crippen molar-refractivity contribution in [2.24, 2.45) is 5.73 Å². The van der Waals surface area contributed by atoms with Crippen molar-refractivity contribution in [3.05, 3.63) is 65.2 Å². The average Bonchev–Trinajstić information content (AvgIpc) is 2.58. The number of nitrogens with zero attached hydrogens (tertiary/aromatic N) is 2. The molecule has 0 bridgehead atoms. The number of aryl methyl sites for hydroxylation is 1. The van der Waals surface area contributed by atoms with Crippen LogP contribution in [0.15, 0.2) is 48.5 Å². The molecule has 2 aromatic carbocycles. The number of hydrogen-bond donors (Lipinski definition) is 1. The fourth-order valence-corrected chi connectivity index (χ4v) is 2.96. The summed E-state index contributed by atoms with van der Waals surface area (Å²) in [5, 5.41) is 0. The first-order chi connectivity index (χ1) is 10.7. The molecule has 0 unspecified atom stereocenters. The van der Waals surface area contributed by atoms with E-state index in [-0.39, 0.29) is 0 Å². The first-order valence-corrected chi connectivity index (χ1v) is 8.06. The van der Waals surface area contributed by atoms with Crippen LogP contribution in [0.25, 0.3) is 0 Å². The first kappa shape index (κ1) is 15.1. The summed E-state index contributed by atoms with van der Waals surface area (Å²) in [5.74, 6) is 0. The van der Waals surface area contributed by atoms with E-state index in [0.717, 1.165) is 32.7 Å². The smallest absolute Gasteiger partial charge is 0.0367 e. The highest BCUT2D eigenvalue weighted by molar-refractivity contribution is 5.48. The Morgan fingerprint density at radius 3 is 2.00 bits per heavy atom. The van der Waals surface area contributed by atoms with Crippen molar-refractivity contribution in [2.45, 2.75) is 20.0 Å². The van der Waals surface area contributed by atoms with Crippen molar-refractivity contribution in [2.75, 3.05) is 31.1 Å². The Morgan fingerprint density at radius 2 is 1.41 bits per heavy atom. The van der Waals surface area contributed by atoms with Gasteiger partial charge in [-0.3, -0.25) is 4.90 Å². The summed E-state index contributed by atoms with van der Waals surface area (Å²) in [5.41, 5.74) is 10.9. The molecule has 1 fully saturated rings. The molecule has 1 aliphatic heterocycles. The first-order valence-electron chi connectivity index (χ1n) is 8.06. The average molecular weight is 295 g/mol. The van der Waals surface area contributed by atoms with Gasteiger partial charge in [0, 0.05) is 45.0 Å². The van der Waals surface area contributed by atoms with Crippen LogP contribution in [0.3, 0.4) is 0 Å². The lowest BCUT2D eigenvalue weighted by atomic mass is 10.1. The van der Waals surface area contributed by atoms with Crippen molar-refractivity contribution < 1.29 is 0 Å². The van der Waals surface area contributed by atoms with Crippen molar-refractivity contribution in [3.8, 4) is 0 Å². The monoisotopic (exact) mass is 295 g/mol. The van der Waals surface area contributed by atoms with Crippen molar-refractivity contribution in [1.82, 2.24) is 4.90 Å². The molecular formula is C19H25N3. The molecule has 0 atom stereocenters. The highest BCUT2D eigenvalue weighted by Crippen LogP contribution is 2.18. The highest BCUT2D eigenvalue weighted by Gasteiger charge is 2.17. The Hall–Kier alpha value is -1.84. The Bertz CT molecular complexity index is 581. The predicted molar refractivity (Wildman–Crippen MR) is 93.0 cm³/mol. The lowest BCUT2D eigenvalue weighted by Gasteiger charge is -2.36. The zero-order valence-electron chi connectivity index (χ0n) is 13.3. The molecule has 0 saturated carbocycles. The third-order valence-corrected chi connectivity index (χ3v) is 4.44. The largest absolute Gasteiger partial charge is 0.369 e. The van der Waals surface area contributed by atoms with Gasteiger partial charge in [0.25, 0.3) is 0 Å². The summed E-state index contributed by atoms with van der Waals surface area (Å²) in [6, 6.07) is 17.5. The van der Waals surface area contributed by atoms with Gasteiger partial charge in [-0.2, -0.15) is 0 Å². The van der Waals surface area contributed by atoms with E-state index in [1.165, 1.54) is 22.4 Å². The molecule has 0 radical (unpaired) electrons. The quantitative estimate of drug-likeness (QED) is 0.941. The van der Waals surface area contributed by atoms with Crippen LogP contribution in [0.4, 0.5) is 5.69 Å². The molecule has 3 nitrogen and oxygen atoms in total. The number of benzene rings is 2. The van der Waals surface area contributed by atoms with Crippen LogP contribution in [0, 0.1) is 6.92 Å². The molecule has 116 valence electrons. The summed E-state index contributed by atoms with van der Waals surface area (Å²) in [6.07, 6.45) is 0. The van der Waals surface area contributed by atoms with Crippen molar-refractivity contribution in [1.29, 1.82) is 0 Å². The van der Waals surface area contributed by atoms with Crippen LogP contribution in [0.1, 0.15) is 16.7 Å². The van der Waals surface area contributed by atoms with E-state index in [9.17, 15) is 0 Å². The summed E-state index contributed by atoms with van der Waals surface area (Å²) in [7, 11) is 0. The lowest BCUT2D eigenvalue weighted by Crippen LogP contribution is -2.45. The summed E-state index contributed by atoms with van der Waals surface area (Å²) in [6.45, 7) is 8.23. The van der Waals surface area contributed by atoms with Crippen LogP contribution in [-0.2, 0) is 13.1 Å². The van der Waals surface area contributed by atoms with E-state index in [1.54, 1.807) is 0 Å². The van der Waals surface area contributed by atoms with E-state index in [2.05, 4.69) is 65.3 Å². The second kappa shape index (κ2) is 6.95. The normalized spacial score (nSPS) is 16.0. The van der Waals surface area contributed by atoms with Gasteiger partial charge in [0.2, 0.25) is 0 Å². The molecule has 22 heavy (non-hydrogen) atoms. The molecule has 3 rings (SSSR count). The molecule has 1 aliphatic rings. The van der Waals surface area contributed by atoms with Gasteiger partial charge in [-0.25, -0.2) is 0 Å². The van der Waals surface area contributed by atoms with Gasteiger partial charge in [0.15, 0.2) is 0 Å². The standard InChI is InChI=1S/C19H25N3/c1-16-2-4-18(5-3-16)15-21-10-12-22(13-11-21)19-8-6-17(14-20)7-9-19/h2-9H,10-15,20H2,1H3. The topological polar surface area (TPSA) is 32.5 Å². The molecule has 3 heteroatoms. The minimum atomic E-state index is 0.616. The molecule has 0 spiro atoms. The van der Waals surface area contributed by atoms with E-state index >= 15 is 0 Å². The van der Waals surface area contributed by atoms with Gasteiger partial charge in [-0.1, -0.05) is 42.0 Å². The molecule has 0 aliphatic carbocycles. The van der Waals surface area contributed by atoms with Crippen molar-refractivity contribution >= 4 is 5.69 Å². The Balaban J connectivity index is 1.54. The van der Waals surface area contributed by atoms with E-state index < -0.39 is 0 Å². The second-order valence-electron chi connectivity index (χ2n) is 6.12. The maximum Gasteiger partial charge on any atom is 0.0367 e. The summed E-state index contributed by atoms with van der Waals surface area (Å²) in [4.78, 5) is 5.00. The van der Waals surface area contributed by atoms with Crippen LogP contribution < -0.4 is 10.6 Å². The van der Waals surface area contributed by atoms with Crippen molar-refractivity contribution in [3.63, 3.8) is 0 Å². The van der Waals surface area contributed by atoms with Gasteiger partial charge in [-0.05, 0) is 30.2 Å². The Labute approximate surface area is 133 Å². The van der Waals surface area contributed by atoms with Gasteiger partial charge in [0.1, 0.15) is 0 Å². The van der Waals surface area contributed by atoms with Gasteiger partial charge >= 0.3 is 0 Å². The van der Waals surface area contributed by atoms with Crippen LogP contribution in [-0.4, -0.2) is 31.1 Å². The van der Waals surface area contributed by atoms with Crippen LogP contribution >= 0.6 is 0 Å². The number of anilines is 1. The number of piperazine rings is 1. The molecular weight excluding hydrogens is 270 g/mol. The Morgan fingerprint density at radius 1 is 0.818 bits per heavy atom. The predicted octanol–water partition coefficient (Wildman–Crippen LogP) is 2.78. The fourth-order valence-electron chi connectivity index (χ4n) is 2.96. The third-order valence-electron chi connectivity index (χ3n) is 4.44. The van der Waals surface area contributed by atoms with Crippen LogP contribution in [0.5, 0.6) is 0 Å². The van der Waals surface area contributed by atoms with E-state index in [1.807, 2.05) is 0 Å². The minimum absolute atomic E-state index is 0.616. The van der Waals surface area contributed by atoms with E-state index in [0.29, 0.717) is 6.54 Å². The molecule has 0 amide bonds. The fraction of sp³-hybridized carbons (Fsp3) is 0.368. The second-order valence-corrected chi connectivity index (χ2v) is 6.12. The Kier molecular flexibility index (Phi) is 4.76. The van der Waals surface area contributed by atoms with Gasteiger partial charge in [0.05, 0.1) is 0 Å². The van der Waals surface area contributed by atoms with Crippen LogP contribution in [0.2, 0.25) is 0 Å². The number of nitrogens with two attached hydrogens (primary N) is 1. The highest BCUT2D eigenvalue weighted by atomic mass is 15.3. The van der Waals surface area contributed by atoms with Gasteiger partial charge in [-0.15, -0.1) is 0 Å². The number of hydrogen-bond acceptors (Lipinski definition) is 3. The minimum Gasteiger partial charge on any atom is -0.369 e. The molecule has 1 saturated heterocycles. The zero-order chi connectivity index (χ0) is 15.4. The summed E-state index contributed by atoms with van der Waals surface area (Å²) >= 11 is 0. The SMILES string of the molecule is Cc1ccc(CN2CCN(c3ccc(CN)cc3)CC2)cc1. The molecule has 2 N–H and O–H groups in total. The summed E-state index contributed by atoms with van der Waals surface area (Å²) < 4.78 is 0. The molecule has 2 aromatic rings.